The van der Waals surface area contributed by atoms with Crippen molar-refractivity contribution in [1.82, 2.24) is 0 Å². The van der Waals surface area contributed by atoms with E-state index in [4.69, 9.17) is 9.78 Å². The predicted octanol–water partition coefficient (Wildman–Crippen LogP) is 3.73. The Morgan fingerprint density at radius 3 is 1.85 bits per heavy atom. The highest BCUT2D eigenvalue weighted by atomic mass is 17.2. The highest BCUT2D eigenvalue weighted by Crippen LogP contribution is 2.06. The molecule has 2 nitrogen and oxygen atoms in total. The minimum Gasteiger partial charge on any atom is -0.232 e. The van der Waals surface area contributed by atoms with Gasteiger partial charge in [-0.2, -0.15) is 0 Å². The Balaban J connectivity index is 0. The zero-order chi connectivity index (χ0) is 10.7. The van der Waals surface area contributed by atoms with Crippen LogP contribution in [0.15, 0.2) is 12.7 Å². The lowest BCUT2D eigenvalue weighted by Gasteiger charge is -2.16. The van der Waals surface area contributed by atoms with Gasteiger partial charge in [0.1, 0.15) is 6.61 Å². The zero-order valence-corrected chi connectivity index (χ0v) is 9.72. The van der Waals surface area contributed by atoms with Crippen LogP contribution in [0.1, 0.15) is 47.5 Å². The Morgan fingerprint density at radius 1 is 1.15 bits per heavy atom. The maximum Gasteiger partial charge on any atom is 0.100 e. The molecule has 0 aliphatic carbocycles. The molecule has 0 aliphatic heterocycles. The van der Waals surface area contributed by atoms with Gasteiger partial charge in [-0.1, -0.05) is 32.8 Å². The van der Waals surface area contributed by atoms with E-state index in [2.05, 4.69) is 20.4 Å². The second kappa shape index (κ2) is 9.75. The molecule has 0 bridgehead atoms. The number of unbranched alkanes of at least 4 members (excludes halogenated alkanes) is 1. The predicted molar refractivity (Wildman–Crippen MR) is 57.6 cm³/mol. The maximum absolute atomic E-state index is 4.90. The first-order chi connectivity index (χ1) is 5.97. The van der Waals surface area contributed by atoms with E-state index in [9.17, 15) is 0 Å². The lowest BCUT2D eigenvalue weighted by Crippen LogP contribution is -2.19. The summed E-state index contributed by atoms with van der Waals surface area (Å²) in [5, 5.41) is 0. The average Bonchev–Trinajstić information content (AvgIpc) is 2.03. The van der Waals surface area contributed by atoms with E-state index >= 15 is 0 Å². The fourth-order valence-electron chi connectivity index (χ4n) is 0.259. The first-order valence-electron chi connectivity index (χ1n) is 4.89. The van der Waals surface area contributed by atoms with E-state index in [1.54, 1.807) is 6.08 Å². The van der Waals surface area contributed by atoms with Gasteiger partial charge < -0.3 is 0 Å². The van der Waals surface area contributed by atoms with Crippen molar-refractivity contribution in [1.29, 1.82) is 0 Å². The third-order valence-corrected chi connectivity index (χ3v) is 0.995. The molecule has 0 aromatic heterocycles. The summed E-state index contributed by atoms with van der Waals surface area (Å²) < 4.78 is 0. The SMILES string of the molecule is C=CCOOC(C)(C)C.CCCC. The average molecular weight is 188 g/mol. The van der Waals surface area contributed by atoms with Crippen molar-refractivity contribution in [3.05, 3.63) is 12.7 Å². The summed E-state index contributed by atoms with van der Waals surface area (Å²) in [6.45, 7) is 14.1. The monoisotopic (exact) mass is 188 g/mol. The molecule has 0 spiro atoms. The van der Waals surface area contributed by atoms with Crippen LogP contribution in [0.3, 0.4) is 0 Å². The molecule has 0 heterocycles. The van der Waals surface area contributed by atoms with Crippen LogP contribution >= 0.6 is 0 Å². The van der Waals surface area contributed by atoms with Gasteiger partial charge >= 0.3 is 0 Å². The largest absolute Gasteiger partial charge is 0.232 e. The van der Waals surface area contributed by atoms with E-state index in [0.29, 0.717) is 6.61 Å². The van der Waals surface area contributed by atoms with Crippen LogP contribution in [-0.4, -0.2) is 12.2 Å². The third-order valence-electron chi connectivity index (χ3n) is 0.995. The minimum atomic E-state index is -0.219. The molecule has 0 aromatic rings. The van der Waals surface area contributed by atoms with Crippen LogP contribution in [0.5, 0.6) is 0 Å². The quantitative estimate of drug-likeness (QED) is 0.290. The normalized spacial score (nSPS) is 10.2. The summed E-state index contributed by atoms with van der Waals surface area (Å²) in [7, 11) is 0. The van der Waals surface area contributed by atoms with Crippen LogP contribution < -0.4 is 0 Å². The van der Waals surface area contributed by atoms with Crippen molar-refractivity contribution < 1.29 is 9.78 Å². The van der Waals surface area contributed by atoms with E-state index in [1.165, 1.54) is 12.8 Å². The van der Waals surface area contributed by atoms with Crippen LogP contribution in [0.25, 0.3) is 0 Å². The molecule has 0 atom stereocenters. The van der Waals surface area contributed by atoms with Crippen molar-refractivity contribution in [2.75, 3.05) is 6.61 Å². The first-order valence-corrected chi connectivity index (χ1v) is 4.89. The summed E-state index contributed by atoms with van der Waals surface area (Å²) in [6.07, 6.45) is 4.28. The lowest BCUT2D eigenvalue weighted by molar-refractivity contribution is -0.341. The second-order valence-corrected chi connectivity index (χ2v) is 3.77. The van der Waals surface area contributed by atoms with E-state index in [-0.39, 0.29) is 5.60 Å². The molecule has 2 heteroatoms. The van der Waals surface area contributed by atoms with Crippen LogP contribution in [0, 0.1) is 0 Å². The van der Waals surface area contributed by atoms with Crippen molar-refractivity contribution in [3.63, 3.8) is 0 Å². The molecule has 0 fully saturated rings. The highest BCUT2D eigenvalue weighted by Gasteiger charge is 2.09. The lowest BCUT2D eigenvalue weighted by atomic mass is 10.2. The fraction of sp³-hybridized carbons (Fsp3) is 0.818. The third kappa shape index (κ3) is 24.5. The van der Waals surface area contributed by atoms with Gasteiger partial charge in [-0.25, -0.2) is 9.78 Å². The van der Waals surface area contributed by atoms with Crippen LogP contribution in [0.4, 0.5) is 0 Å². The van der Waals surface area contributed by atoms with Gasteiger partial charge in [0.15, 0.2) is 0 Å². The summed E-state index contributed by atoms with van der Waals surface area (Å²) >= 11 is 0. The maximum atomic E-state index is 4.90. The molecule has 80 valence electrons. The van der Waals surface area contributed by atoms with Crippen LogP contribution in [-0.2, 0) is 9.78 Å². The molecule has 0 rings (SSSR count). The van der Waals surface area contributed by atoms with Crippen molar-refractivity contribution >= 4 is 0 Å². The Kier molecular flexibility index (Phi) is 11.4. The van der Waals surface area contributed by atoms with Crippen molar-refractivity contribution in [2.24, 2.45) is 0 Å². The number of hydrogen-bond donors (Lipinski definition) is 0. The molecule has 0 aliphatic rings. The molecule has 0 radical (unpaired) electrons. The Bertz CT molecular complexity index is 101. The molecule has 0 aromatic carbocycles. The molecule has 0 saturated carbocycles. The summed E-state index contributed by atoms with van der Waals surface area (Å²) in [5.41, 5.74) is -0.219. The smallest absolute Gasteiger partial charge is 0.100 e. The van der Waals surface area contributed by atoms with E-state index < -0.39 is 0 Å². The van der Waals surface area contributed by atoms with Gasteiger partial charge in [-0.3, -0.25) is 0 Å². The van der Waals surface area contributed by atoms with E-state index in [1.807, 2.05) is 20.8 Å². The Hall–Kier alpha value is -0.340. The van der Waals surface area contributed by atoms with Gasteiger partial charge in [0.05, 0.1) is 5.60 Å². The standard InChI is InChI=1S/C7H14O2.C4H10/c1-5-6-8-9-7(2,3)4;1-3-4-2/h5H,1,6H2,2-4H3;3-4H2,1-2H3. The fourth-order valence-corrected chi connectivity index (χ4v) is 0.259. The van der Waals surface area contributed by atoms with Gasteiger partial charge in [0, 0.05) is 0 Å². The van der Waals surface area contributed by atoms with Gasteiger partial charge in [0.25, 0.3) is 0 Å². The molecule has 13 heavy (non-hydrogen) atoms. The number of hydrogen-bond acceptors (Lipinski definition) is 2. The molecule has 0 saturated heterocycles. The van der Waals surface area contributed by atoms with Crippen LogP contribution in [0.2, 0.25) is 0 Å². The summed E-state index contributed by atoms with van der Waals surface area (Å²) in [5.74, 6) is 0. The summed E-state index contributed by atoms with van der Waals surface area (Å²) in [6, 6.07) is 0. The highest BCUT2D eigenvalue weighted by molar-refractivity contribution is 4.63. The zero-order valence-electron chi connectivity index (χ0n) is 9.72. The number of rotatable bonds is 4. The molecular weight excluding hydrogens is 164 g/mol. The van der Waals surface area contributed by atoms with Crippen molar-refractivity contribution in [2.45, 2.75) is 53.1 Å². The molecule has 0 N–H and O–H groups in total. The Labute approximate surface area is 82.9 Å². The van der Waals surface area contributed by atoms with E-state index in [0.717, 1.165) is 0 Å². The topological polar surface area (TPSA) is 18.5 Å². The molecule has 0 unspecified atom stereocenters. The Morgan fingerprint density at radius 2 is 1.62 bits per heavy atom. The van der Waals surface area contributed by atoms with Gasteiger partial charge in [-0.15, -0.1) is 6.58 Å². The molecule has 0 amide bonds. The minimum absolute atomic E-state index is 0.219. The summed E-state index contributed by atoms with van der Waals surface area (Å²) in [4.78, 5) is 9.63. The second-order valence-electron chi connectivity index (χ2n) is 3.77. The van der Waals surface area contributed by atoms with Gasteiger partial charge in [-0.05, 0) is 20.8 Å². The van der Waals surface area contributed by atoms with Crippen molar-refractivity contribution in [3.8, 4) is 0 Å². The first kappa shape index (κ1) is 15.1. The van der Waals surface area contributed by atoms with Gasteiger partial charge in [0.2, 0.25) is 0 Å². The molecular formula is C11H24O2.